The summed E-state index contributed by atoms with van der Waals surface area (Å²) >= 11 is 0. The molecule has 0 N–H and O–H groups in total. The first-order valence-electron chi connectivity index (χ1n) is 14.7. The minimum Gasteiger partial charge on any atom is -0.308 e. The maximum atomic E-state index is 14.1. The minimum absolute atomic E-state index is 0.350. The Morgan fingerprint density at radius 3 is 1.54 bits per heavy atom. The molecule has 0 atom stereocenters. The average molecular weight is 591 g/mol. The van der Waals surface area contributed by atoms with Crippen LogP contribution in [0.3, 0.4) is 0 Å². The molecule has 7 aromatic rings. The van der Waals surface area contributed by atoms with Crippen LogP contribution in [0.5, 0.6) is 0 Å². The molecule has 8 rings (SSSR count). The Labute approximate surface area is 264 Å². The van der Waals surface area contributed by atoms with Gasteiger partial charge in [0.25, 0.3) is 11.8 Å². The Morgan fingerprint density at radius 2 is 1.02 bits per heavy atom. The number of aromatic nitrogens is 1. The van der Waals surface area contributed by atoms with Gasteiger partial charge in [0, 0.05) is 10.8 Å². The molecule has 6 heteroatoms. The highest BCUT2D eigenvalue weighted by atomic mass is 16.2. The summed E-state index contributed by atoms with van der Waals surface area (Å²) in [7, 11) is 0. The normalized spacial score (nSPS) is 12.3. The number of nitriles is 2. The number of fused-ring (bicyclic) bond motifs is 4. The Bertz CT molecular complexity index is 2350. The van der Waals surface area contributed by atoms with Crippen molar-refractivity contribution in [1.29, 1.82) is 10.5 Å². The Hall–Kier alpha value is -6.76. The minimum atomic E-state index is -0.372. The third-order valence-corrected chi connectivity index (χ3v) is 8.61. The largest absolute Gasteiger partial charge is 0.308 e. The van der Waals surface area contributed by atoms with Crippen molar-refractivity contribution in [2.45, 2.75) is 0 Å². The molecule has 1 aromatic heterocycles. The van der Waals surface area contributed by atoms with Crippen LogP contribution >= 0.6 is 0 Å². The van der Waals surface area contributed by atoms with E-state index in [0.29, 0.717) is 33.6 Å². The van der Waals surface area contributed by atoms with E-state index in [0.717, 1.165) is 44.1 Å². The lowest BCUT2D eigenvalue weighted by molar-refractivity contribution is 0.0926. The predicted molar refractivity (Wildman–Crippen MR) is 179 cm³/mol. The number of para-hydroxylation sites is 1. The van der Waals surface area contributed by atoms with E-state index < -0.39 is 0 Å². The first-order chi connectivity index (χ1) is 22.6. The first kappa shape index (κ1) is 26.8. The Kier molecular flexibility index (Phi) is 6.10. The van der Waals surface area contributed by atoms with E-state index in [-0.39, 0.29) is 11.8 Å². The SMILES string of the molecule is N#Cc1ccc(-c2ccc3c4ccc(-c5ccc(C#N)cc5)cc4n(-c4cccc5c4C(=O)N(c4ccccc4)C5=O)c3c2)cc1. The van der Waals surface area contributed by atoms with Gasteiger partial charge in [0.1, 0.15) is 0 Å². The quantitative estimate of drug-likeness (QED) is 0.192. The lowest BCUT2D eigenvalue weighted by Crippen LogP contribution is -2.29. The van der Waals surface area contributed by atoms with Gasteiger partial charge in [0.05, 0.1) is 56.8 Å². The number of hydrogen-bond donors (Lipinski definition) is 0. The Balaban J connectivity index is 1.40. The van der Waals surface area contributed by atoms with Gasteiger partial charge in [0.15, 0.2) is 0 Å². The summed E-state index contributed by atoms with van der Waals surface area (Å²) in [5.74, 6) is -0.728. The van der Waals surface area contributed by atoms with Crippen molar-refractivity contribution in [1.82, 2.24) is 4.57 Å². The average Bonchev–Trinajstić information content (AvgIpc) is 3.58. The first-order valence-corrected chi connectivity index (χ1v) is 14.7. The van der Waals surface area contributed by atoms with Crippen molar-refractivity contribution >= 4 is 39.3 Å². The fourth-order valence-corrected chi connectivity index (χ4v) is 6.38. The zero-order valence-corrected chi connectivity index (χ0v) is 24.3. The van der Waals surface area contributed by atoms with Crippen molar-refractivity contribution in [3.63, 3.8) is 0 Å². The lowest BCUT2D eigenvalue weighted by atomic mass is 10.0. The van der Waals surface area contributed by atoms with Gasteiger partial charge >= 0.3 is 0 Å². The van der Waals surface area contributed by atoms with Crippen LogP contribution in [-0.2, 0) is 0 Å². The van der Waals surface area contributed by atoms with Crippen LogP contribution in [0.15, 0.2) is 133 Å². The van der Waals surface area contributed by atoms with E-state index in [1.807, 2.05) is 54.6 Å². The number of carbonyl (C=O) groups is 2. The smallest absolute Gasteiger partial charge is 0.268 e. The van der Waals surface area contributed by atoms with Crippen LogP contribution in [0.25, 0.3) is 49.7 Å². The highest BCUT2D eigenvalue weighted by Gasteiger charge is 2.39. The van der Waals surface area contributed by atoms with Gasteiger partial charge in [-0.3, -0.25) is 9.59 Å². The van der Waals surface area contributed by atoms with E-state index in [2.05, 4.69) is 53.1 Å². The number of benzene rings is 6. The van der Waals surface area contributed by atoms with E-state index >= 15 is 0 Å². The second-order valence-corrected chi connectivity index (χ2v) is 11.2. The standard InChI is InChI=1S/C40H22N4O2/c41-23-25-9-13-27(14-10-25)29-17-19-32-33-20-18-30(28-15-11-26(24-42)12-16-28)22-37(33)44(36(32)21-29)35-8-4-7-34-38(35)40(46)43(39(34)45)31-5-2-1-3-6-31/h1-22H. The highest BCUT2D eigenvalue weighted by Crippen LogP contribution is 2.40. The number of amides is 2. The summed E-state index contributed by atoms with van der Waals surface area (Å²) in [5, 5.41) is 20.6. The van der Waals surface area contributed by atoms with Gasteiger partial charge in [-0.05, 0) is 82.9 Å². The molecular weight excluding hydrogens is 568 g/mol. The van der Waals surface area contributed by atoms with Crippen molar-refractivity contribution in [3.05, 3.63) is 156 Å². The number of carbonyl (C=O) groups excluding carboxylic acids is 2. The van der Waals surface area contributed by atoms with E-state index in [4.69, 9.17) is 0 Å². The van der Waals surface area contributed by atoms with Crippen LogP contribution in [0.2, 0.25) is 0 Å². The monoisotopic (exact) mass is 590 g/mol. The molecule has 1 aliphatic rings. The van der Waals surface area contributed by atoms with Crippen molar-refractivity contribution < 1.29 is 9.59 Å². The molecule has 0 saturated heterocycles. The predicted octanol–water partition coefficient (Wildman–Crippen LogP) is 8.66. The van der Waals surface area contributed by atoms with Crippen LogP contribution in [-0.4, -0.2) is 16.4 Å². The molecule has 6 aromatic carbocycles. The van der Waals surface area contributed by atoms with E-state index in [9.17, 15) is 20.1 Å². The zero-order valence-electron chi connectivity index (χ0n) is 24.3. The third kappa shape index (κ3) is 4.10. The summed E-state index contributed by atoms with van der Waals surface area (Å²) < 4.78 is 2.07. The van der Waals surface area contributed by atoms with Crippen LogP contribution in [0.4, 0.5) is 5.69 Å². The van der Waals surface area contributed by atoms with Gasteiger partial charge in [0.2, 0.25) is 0 Å². The number of rotatable bonds is 4. The summed E-state index contributed by atoms with van der Waals surface area (Å²) in [6.07, 6.45) is 0. The van der Waals surface area contributed by atoms with Crippen molar-refractivity contribution in [2.75, 3.05) is 4.90 Å². The molecule has 6 nitrogen and oxygen atoms in total. The van der Waals surface area contributed by atoms with Crippen molar-refractivity contribution in [3.8, 4) is 40.1 Å². The molecule has 46 heavy (non-hydrogen) atoms. The van der Waals surface area contributed by atoms with Crippen LogP contribution in [0, 0.1) is 22.7 Å². The molecule has 2 amide bonds. The highest BCUT2D eigenvalue weighted by molar-refractivity contribution is 6.35. The molecule has 0 bridgehead atoms. The number of hydrogen-bond acceptors (Lipinski definition) is 4. The second kappa shape index (κ2) is 10.4. The maximum Gasteiger partial charge on any atom is 0.268 e. The fraction of sp³-hybridized carbons (Fsp3) is 0. The third-order valence-electron chi connectivity index (χ3n) is 8.61. The van der Waals surface area contributed by atoms with Gasteiger partial charge in [-0.2, -0.15) is 10.5 Å². The van der Waals surface area contributed by atoms with Crippen molar-refractivity contribution in [2.24, 2.45) is 0 Å². The van der Waals surface area contributed by atoms with Crippen LogP contribution in [0.1, 0.15) is 31.8 Å². The fourth-order valence-electron chi connectivity index (χ4n) is 6.38. The van der Waals surface area contributed by atoms with Gasteiger partial charge < -0.3 is 4.57 Å². The molecule has 2 heterocycles. The lowest BCUT2D eigenvalue weighted by Gasteiger charge is -2.15. The van der Waals surface area contributed by atoms with Gasteiger partial charge in [-0.25, -0.2) is 4.90 Å². The molecule has 214 valence electrons. The summed E-state index contributed by atoms with van der Waals surface area (Å²) in [6, 6.07) is 46.1. The molecule has 0 unspecified atom stereocenters. The number of imide groups is 1. The van der Waals surface area contributed by atoms with E-state index in [1.54, 1.807) is 42.5 Å². The molecule has 0 radical (unpaired) electrons. The molecule has 1 aliphatic heterocycles. The Morgan fingerprint density at radius 1 is 0.500 bits per heavy atom. The molecule has 0 fully saturated rings. The maximum absolute atomic E-state index is 14.1. The van der Waals surface area contributed by atoms with Gasteiger partial charge in [-0.15, -0.1) is 0 Å². The second-order valence-electron chi connectivity index (χ2n) is 11.2. The molecule has 0 aliphatic carbocycles. The summed E-state index contributed by atoms with van der Waals surface area (Å²) in [4.78, 5) is 29.1. The zero-order chi connectivity index (χ0) is 31.4. The molecular formula is C40H22N4O2. The topological polar surface area (TPSA) is 89.9 Å². The number of anilines is 1. The van der Waals surface area contributed by atoms with Gasteiger partial charge in [-0.1, -0.05) is 72.8 Å². The molecule has 0 spiro atoms. The summed E-state index contributed by atoms with van der Waals surface area (Å²) in [6.45, 7) is 0. The van der Waals surface area contributed by atoms with E-state index in [1.165, 1.54) is 4.90 Å². The number of nitrogens with zero attached hydrogens (tertiary/aromatic N) is 4. The summed E-state index contributed by atoms with van der Waals surface area (Å²) in [5.41, 5.74) is 8.57. The van der Waals surface area contributed by atoms with Crippen LogP contribution < -0.4 is 4.90 Å². The molecule has 0 saturated carbocycles.